The van der Waals surface area contributed by atoms with Crippen LogP contribution in [0.5, 0.6) is 5.75 Å². The summed E-state index contributed by atoms with van der Waals surface area (Å²) in [6, 6.07) is 16.8. The van der Waals surface area contributed by atoms with Crippen molar-refractivity contribution in [3.63, 3.8) is 0 Å². The van der Waals surface area contributed by atoms with Crippen molar-refractivity contribution in [3.8, 4) is 5.75 Å². The number of rotatable bonds is 7. The van der Waals surface area contributed by atoms with E-state index in [2.05, 4.69) is 4.90 Å². The average Bonchev–Trinajstić information content (AvgIpc) is 3.16. The molecule has 0 aliphatic carbocycles. The molecular weight excluding hydrogens is 330 g/mol. The summed E-state index contributed by atoms with van der Waals surface area (Å²) in [7, 11) is 0. The first-order valence-corrected chi connectivity index (χ1v) is 8.95. The minimum absolute atomic E-state index is 0.0324. The summed E-state index contributed by atoms with van der Waals surface area (Å²) in [4.78, 5) is 25.9. The number of carbonyl (C=O) groups excluding carboxylic acids is 1. The fourth-order valence-electron chi connectivity index (χ4n) is 3.37. The van der Waals surface area contributed by atoms with Gasteiger partial charge in [0.25, 0.3) is 0 Å². The minimum atomic E-state index is -0.927. The number of para-hydroxylation sites is 2. The van der Waals surface area contributed by atoms with Gasteiger partial charge in [0.1, 0.15) is 0 Å². The molecule has 0 amide bonds. The molecule has 1 unspecified atom stereocenters. The molecule has 26 heavy (non-hydrogen) atoms. The predicted octanol–water partition coefficient (Wildman–Crippen LogP) is 3.84. The van der Waals surface area contributed by atoms with Crippen LogP contribution in [-0.4, -0.2) is 30.1 Å². The van der Waals surface area contributed by atoms with E-state index in [1.165, 1.54) is 0 Å². The third-order valence-corrected chi connectivity index (χ3v) is 4.64. The maximum absolute atomic E-state index is 12.5. The van der Waals surface area contributed by atoms with E-state index < -0.39 is 17.9 Å². The number of carboxylic acid groups (broad SMARTS) is 1. The van der Waals surface area contributed by atoms with E-state index in [4.69, 9.17) is 4.74 Å². The molecule has 1 aliphatic heterocycles. The van der Waals surface area contributed by atoms with Gasteiger partial charge >= 0.3 is 11.9 Å². The van der Waals surface area contributed by atoms with Gasteiger partial charge in [-0.15, -0.1) is 0 Å². The first-order valence-electron chi connectivity index (χ1n) is 8.95. The van der Waals surface area contributed by atoms with Crippen molar-refractivity contribution in [2.45, 2.75) is 31.6 Å². The first kappa shape index (κ1) is 18.0. The Balaban J connectivity index is 1.72. The summed E-state index contributed by atoms with van der Waals surface area (Å²) in [5, 5.41) is 9.18. The molecule has 2 aromatic carbocycles. The van der Waals surface area contributed by atoms with Gasteiger partial charge in [0, 0.05) is 19.0 Å². The Kier molecular flexibility index (Phi) is 5.89. The smallest absolute Gasteiger partial charge is 0.311 e. The Hall–Kier alpha value is -2.82. The number of carbonyl (C=O) groups is 2. The van der Waals surface area contributed by atoms with Crippen LogP contribution in [0.25, 0.3) is 0 Å². The Morgan fingerprint density at radius 2 is 1.62 bits per heavy atom. The maximum Gasteiger partial charge on any atom is 0.311 e. The fourth-order valence-corrected chi connectivity index (χ4v) is 3.37. The van der Waals surface area contributed by atoms with E-state index >= 15 is 0 Å². The lowest BCUT2D eigenvalue weighted by Crippen LogP contribution is -2.20. The van der Waals surface area contributed by atoms with Crippen molar-refractivity contribution in [1.82, 2.24) is 0 Å². The molecule has 0 spiro atoms. The largest absolute Gasteiger partial charge is 0.481 e. The third kappa shape index (κ3) is 4.63. The molecular formula is C21H23NO4. The van der Waals surface area contributed by atoms with Crippen LogP contribution >= 0.6 is 0 Å². The monoisotopic (exact) mass is 353 g/mol. The molecule has 1 aliphatic rings. The average molecular weight is 353 g/mol. The van der Waals surface area contributed by atoms with E-state index in [1.807, 2.05) is 48.5 Å². The zero-order chi connectivity index (χ0) is 18.4. The van der Waals surface area contributed by atoms with Crippen LogP contribution in [0.15, 0.2) is 54.6 Å². The van der Waals surface area contributed by atoms with E-state index in [9.17, 15) is 14.7 Å². The molecule has 1 fully saturated rings. The molecule has 5 nitrogen and oxygen atoms in total. The summed E-state index contributed by atoms with van der Waals surface area (Å²) in [5.41, 5.74) is 1.76. The Morgan fingerprint density at radius 3 is 2.31 bits per heavy atom. The van der Waals surface area contributed by atoms with E-state index in [-0.39, 0.29) is 12.8 Å². The molecule has 0 radical (unpaired) electrons. The maximum atomic E-state index is 12.5. The Morgan fingerprint density at radius 1 is 0.962 bits per heavy atom. The molecule has 0 saturated carbocycles. The minimum Gasteiger partial charge on any atom is -0.481 e. The van der Waals surface area contributed by atoms with Gasteiger partial charge in [0.2, 0.25) is 0 Å². The van der Waals surface area contributed by atoms with Gasteiger partial charge < -0.3 is 14.7 Å². The quantitative estimate of drug-likeness (QED) is 0.605. The number of hydrogen-bond acceptors (Lipinski definition) is 4. The second-order valence-corrected chi connectivity index (χ2v) is 6.55. The van der Waals surface area contributed by atoms with Crippen molar-refractivity contribution in [2.75, 3.05) is 18.0 Å². The number of aliphatic carboxylic acids is 1. The van der Waals surface area contributed by atoms with Crippen molar-refractivity contribution >= 4 is 17.6 Å². The summed E-state index contributed by atoms with van der Waals surface area (Å²) in [6.45, 7) is 1.92. The number of carboxylic acids is 1. The fraction of sp³-hybridized carbons (Fsp3) is 0.333. The normalized spacial score (nSPS) is 14.8. The molecule has 1 N–H and O–H groups in total. The summed E-state index contributed by atoms with van der Waals surface area (Å²) >= 11 is 0. The van der Waals surface area contributed by atoms with Crippen LogP contribution in [0.3, 0.4) is 0 Å². The van der Waals surface area contributed by atoms with Gasteiger partial charge in [-0.3, -0.25) is 9.59 Å². The number of ether oxygens (including phenoxy) is 1. The standard InChI is InChI=1S/C21H23NO4/c23-20(24)14-17(16-8-2-1-3-9-16)15-21(25)26-19-11-5-4-10-18(19)22-12-6-7-13-22/h1-5,8-11,17H,6-7,12-15H2,(H,23,24). The van der Waals surface area contributed by atoms with Gasteiger partial charge in [-0.1, -0.05) is 42.5 Å². The van der Waals surface area contributed by atoms with Gasteiger partial charge in [0.15, 0.2) is 5.75 Å². The second kappa shape index (κ2) is 8.52. The SMILES string of the molecule is O=C(O)CC(CC(=O)Oc1ccccc1N1CCCC1)c1ccccc1. The second-order valence-electron chi connectivity index (χ2n) is 6.55. The van der Waals surface area contributed by atoms with Gasteiger partial charge in [-0.2, -0.15) is 0 Å². The van der Waals surface area contributed by atoms with Crippen molar-refractivity contribution in [3.05, 3.63) is 60.2 Å². The summed E-state index contributed by atoms with van der Waals surface area (Å²) in [6.07, 6.45) is 2.20. The first-order chi connectivity index (χ1) is 12.6. The molecule has 0 bridgehead atoms. The third-order valence-electron chi connectivity index (χ3n) is 4.64. The summed E-state index contributed by atoms with van der Waals surface area (Å²) < 4.78 is 5.62. The molecule has 5 heteroatoms. The highest BCUT2D eigenvalue weighted by Crippen LogP contribution is 2.32. The molecule has 1 atom stereocenters. The highest BCUT2D eigenvalue weighted by molar-refractivity contribution is 5.77. The molecule has 2 aromatic rings. The van der Waals surface area contributed by atoms with Crippen LogP contribution in [0.4, 0.5) is 5.69 Å². The molecule has 1 saturated heterocycles. The van der Waals surface area contributed by atoms with Crippen LogP contribution in [-0.2, 0) is 9.59 Å². The van der Waals surface area contributed by atoms with Crippen molar-refractivity contribution in [2.24, 2.45) is 0 Å². The van der Waals surface area contributed by atoms with E-state index in [0.29, 0.717) is 5.75 Å². The van der Waals surface area contributed by atoms with Crippen LogP contribution in [0, 0.1) is 0 Å². The van der Waals surface area contributed by atoms with Crippen LogP contribution < -0.4 is 9.64 Å². The van der Waals surface area contributed by atoms with Crippen LogP contribution in [0.2, 0.25) is 0 Å². The zero-order valence-electron chi connectivity index (χ0n) is 14.6. The topological polar surface area (TPSA) is 66.8 Å². The molecule has 3 rings (SSSR count). The van der Waals surface area contributed by atoms with Gasteiger partial charge in [-0.25, -0.2) is 0 Å². The van der Waals surface area contributed by atoms with Crippen molar-refractivity contribution < 1.29 is 19.4 Å². The highest BCUT2D eigenvalue weighted by Gasteiger charge is 2.22. The lowest BCUT2D eigenvalue weighted by Gasteiger charge is -2.21. The number of hydrogen-bond donors (Lipinski definition) is 1. The number of anilines is 1. The van der Waals surface area contributed by atoms with Gasteiger partial charge in [-0.05, 0) is 30.5 Å². The summed E-state index contributed by atoms with van der Waals surface area (Å²) in [5.74, 6) is -1.20. The van der Waals surface area contributed by atoms with Crippen molar-refractivity contribution in [1.29, 1.82) is 0 Å². The zero-order valence-corrected chi connectivity index (χ0v) is 14.6. The molecule has 1 heterocycles. The highest BCUT2D eigenvalue weighted by atomic mass is 16.5. The molecule has 0 aromatic heterocycles. The van der Waals surface area contributed by atoms with E-state index in [1.54, 1.807) is 6.07 Å². The Bertz CT molecular complexity index is 754. The molecule has 136 valence electrons. The van der Waals surface area contributed by atoms with Gasteiger partial charge in [0.05, 0.1) is 18.5 Å². The van der Waals surface area contributed by atoms with Crippen LogP contribution in [0.1, 0.15) is 37.2 Å². The lowest BCUT2D eigenvalue weighted by atomic mass is 9.92. The number of benzene rings is 2. The number of nitrogens with zero attached hydrogens (tertiary/aromatic N) is 1. The van der Waals surface area contributed by atoms with E-state index in [0.717, 1.165) is 37.2 Å². The Labute approximate surface area is 153 Å². The number of esters is 1. The lowest BCUT2D eigenvalue weighted by molar-refractivity contribution is -0.138. The predicted molar refractivity (Wildman–Crippen MR) is 99.6 cm³/mol.